The van der Waals surface area contributed by atoms with E-state index in [0.717, 1.165) is 40.0 Å². The summed E-state index contributed by atoms with van der Waals surface area (Å²) < 4.78 is 5.60. The zero-order valence-electron chi connectivity index (χ0n) is 14.6. The highest BCUT2D eigenvalue weighted by atomic mass is 16.5. The maximum absolute atomic E-state index is 12.1. The third-order valence-electron chi connectivity index (χ3n) is 3.94. The molecule has 0 radical (unpaired) electrons. The minimum absolute atomic E-state index is 0.232. The van der Waals surface area contributed by atoms with Crippen molar-refractivity contribution in [3.63, 3.8) is 0 Å². The van der Waals surface area contributed by atoms with Gasteiger partial charge in [-0.25, -0.2) is 4.79 Å². The second-order valence-corrected chi connectivity index (χ2v) is 6.01. The number of fused-ring (bicyclic) bond motifs is 1. The number of rotatable bonds is 6. The average molecular weight is 337 g/mol. The lowest BCUT2D eigenvalue weighted by atomic mass is 10.2. The van der Waals surface area contributed by atoms with Gasteiger partial charge >= 0.3 is 6.03 Å². The summed E-state index contributed by atoms with van der Waals surface area (Å²) in [7, 11) is 0. The quantitative estimate of drug-likeness (QED) is 0.616. The maximum atomic E-state index is 12.1. The second kappa shape index (κ2) is 7.75. The zero-order chi connectivity index (χ0) is 17.6. The number of ether oxygens (including phenoxy) is 1. The predicted molar refractivity (Wildman–Crippen MR) is 101 cm³/mol. The molecule has 25 heavy (non-hydrogen) atoms. The van der Waals surface area contributed by atoms with E-state index >= 15 is 0 Å². The van der Waals surface area contributed by atoms with Crippen LogP contribution in [-0.4, -0.2) is 17.6 Å². The summed E-state index contributed by atoms with van der Waals surface area (Å²) in [6, 6.07) is 15.5. The van der Waals surface area contributed by atoms with E-state index in [4.69, 9.17) is 4.74 Å². The molecule has 0 aliphatic carbocycles. The number of benzene rings is 2. The molecule has 0 aliphatic heterocycles. The highest BCUT2D eigenvalue weighted by Gasteiger charge is 2.07. The molecule has 5 heteroatoms. The van der Waals surface area contributed by atoms with Crippen LogP contribution in [0.25, 0.3) is 10.9 Å². The van der Waals surface area contributed by atoms with E-state index in [9.17, 15) is 4.79 Å². The van der Waals surface area contributed by atoms with Crippen molar-refractivity contribution in [3.8, 4) is 5.75 Å². The first kappa shape index (κ1) is 16.9. The largest absolute Gasteiger partial charge is 0.494 e. The molecule has 0 fully saturated rings. The number of urea groups is 1. The maximum Gasteiger partial charge on any atom is 0.319 e. The molecule has 0 aliphatic rings. The molecular weight excluding hydrogens is 314 g/mol. The summed E-state index contributed by atoms with van der Waals surface area (Å²) in [5, 5.41) is 6.89. The molecule has 3 aromatic rings. The van der Waals surface area contributed by atoms with Gasteiger partial charge < -0.3 is 20.4 Å². The lowest BCUT2D eigenvalue weighted by molar-refractivity contribution is 0.251. The average Bonchev–Trinajstić information content (AvgIpc) is 3.03. The standard InChI is InChI=1S/C20H23N3O2/c1-3-10-25-17-8-9-18(14(2)11-17)23-20(24)21-13-16-12-15-6-4-5-7-19(15)22-16/h4-9,11-12,22H,3,10,13H2,1-2H3,(H2,21,23,24). The Hall–Kier alpha value is -2.95. The number of aryl methyl sites for hydroxylation is 1. The van der Waals surface area contributed by atoms with Crippen LogP contribution in [0.5, 0.6) is 5.75 Å². The topological polar surface area (TPSA) is 66.2 Å². The summed E-state index contributed by atoms with van der Waals surface area (Å²) in [5.74, 6) is 0.823. The molecule has 0 saturated carbocycles. The van der Waals surface area contributed by atoms with Crippen LogP contribution in [0.4, 0.5) is 10.5 Å². The van der Waals surface area contributed by atoms with E-state index in [1.807, 2.05) is 55.5 Å². The van der Waals surface area contributed by atoms with Crippen molar-refractivity contribution < 1.29 is 9.53 Å². The zero-order valence-corrected chi connectivity index (χ0v) is 14.6. The lowest BCUT2D eigenvalue weighted by Crippen LogP contribution is -2.28. The molecule has 1 heterocycles. The SMILES string of the molecule is CCCOc1ccc(NC(=O)NCc2cc3ccccc3[nH]2)c(C)c1. The Morgan fingerprint density at radius 1 is 1.16 bits per heavy atom. The number of carbonyl (C=O) groups is 1. The molecule has 0 saturated heterocycles. The summed E-state index contributed by atoms with van der Waals surface area (Å²) in [6.45, 7) is 5.15. The van der Waals surface area contributed by atoms with Gasteiger partial charge in [0.1, 0.15) is 5.75 Å². The highest BCUT2D eigenvalue weighted by molar-refractivity contribution is 5.90. The van der Waals surface area contributed by atoms with Crippen LogP contribution in [0, 0.1) is 6.92 Å². The first-order valence-corrected chi connectivity index (χ1v) is 8.50. The van der Waals surface area contributed by atoms with E-state index in [-0.39, 0.29) is 6.03 Å². The van der Waals surface area contributed by atoms with Gasteiger partial charge in [0.2, 0.25) is 0 Å². The molecule has 2 amide bonds. The van der Waals surface area contributed by atoms with Crippen molar-refractivity contribution >= 4 is 22.6 Å². The number of hydrogen-bond donors (Lipinski definition) is 3. The molecule has 5 nitrogen and oxygen atoms in total. The Balaban J connectivity index is 1.56. The normalized spacial score (nSPS) is 10.6. The van der Waals surface area contributed by atoms with Gasteiger partial charge in [-0.15, -0.1) is 0 Å². The molecule has 3 rings (SSSR count). The molecule has 130 valence electrons. The van der Waals surface area contributed by atoms with Gasteiger partial charge in [-0.3, -0.25) is 0 Å². The number of para-hydroxylation sites is 1. The number of amides is 2. The van der Waals surface area contributed by atoms with Gasteiger partial charge in [0.25, 0.3) is 0 Å². The Morgan fingerprint density at radius 3 is 2.76 bits per heavy atom. The van der Waals surface area contributed by atoms with Crippen molar-refractivity contribution in [2.24, 2.45) is 0 Å². The van der Waals surface area contributed by atoms with Crippen molar-refractivity contribution in [2.75, 3.05) is 11.9 Å². The van der Waals surface area contributed by atoms with Crippen LogP contribution in [0.15, 0.2) is 48.5 Å². The van der Waals surface area contributed by atoms with Crippen LogP contribution in [-0.2, 0) is 6.54 Å². The Labute approximate surface area is 147 Å². The smallest absolute Gasteiger partial charge is 0.319 e. The fourth-order valence-corrected chi connectivity index (χ4v) is 2.66. The van der Waals surface area contributed by atoms with Gasteiger partial charge in [-0.1, -0.05) is 25.1 Å². The monoisotopic (exact) mass is 337 g/mol. The van der Waals surface area contributed by atoms with Gasteiger partial charge in [0, 0.05) is 16.9 Å². The Morgan fingerprint density at radius 2 is 2.00 bits per heavy atom. The van der Waals surface area contributed by atoms with E-state index in [1.54, 1.807) is 0 Å². The van der Waals surface area contributed by atoms with Crippen LogP contribution in [0.1, 0.15) is 24.6 Å². The number of aromatic nitrogens is 1. The number of carbonyl (C=O) groups excluding carboxylic acids is 1. The van der Waals surface area contributed by atoms with E-state index in [0.29, 0.717) is 13.2 Å². The summed E-state index contributed by atoms with van der Waals surface area (Å²) in [4.78, 5) is 15.4. The molecule has 0 spiro atoms. The van der Waals surface area contributed by atoms with Crippen LogP contribution < -0.4 is 15.4 Å². The molecule has 0 atom stereocenters. The van der Waals surface area contributed by atoms with Crippen LogP contribution in [0.3, 0.4) is 0 Å². The summed E-state index contributed by atoms with van der Waals surface area (Å²) in [6.07, 6.45) is 0.967. The minimum atomic E-state index is -0.232. The predicted octanol–water partition coefficient (Wildman–Crippen LogP) is 4.59. The third kappa shape index (κ3) is 4.32. The van der Waals surface area contributed by atoms with Crippen molar-refractivity contribution in [3.05, 3.63) is 59.8 Å². The highest BCUT2D eigenvalue weighted by Crippen LogP contribution is 2.21. The molecule has 0 bridgehead atoms. The Bertz CT molecular complexity index is 837. The number of anilines is 1. The van der Waals surface area contributed by atoms with Gasteiger partial charge in [-0.05, 0) is 54.6 Å². The summed E-state index contributed by atoms with van der Waals surface area (Å²) >= 11 is 0. The number of hydrogen-bond acceptors (Lipinski definition) is 2. The number of aromatic amines is 1. The molecule has 3 N–H and O–H groups in total. The molecular formula is C20H23N3O2. The van der Waals surface area contributed by atoms with Gasteiger partial charge in [0.15, 0.2) is 0 Å². The third-order valence-corrected chi connectivity index (χ3v) is 3.94. The van der Waals surface area contributed by atoms with Crippen molar-refractivity contribution in [1.82, 2.24) is 10.3 Å². The fraction of sp³-hybridized carbons (Fsp3) is 0.250. The van der Waals surface area contributed by atoms with E-state index < -0.39 is 0 Å². The van der Waals surface area contributed by atoms with E-state index in [2.05, 4.69) is 22.5 Å². The summed E-state index contributed by atoms with van der Waals surface area (Å²) in [5.41, 5.74) is 3.78. The lowest BCUT2D eigenvalue weighted by Gasteiger charge is -2.11. The minimum Gasteiger partial charge on any atom is -0.494 e. The second-order valence-electron chi connectivity index (χ2n) is 6.01. The molecule has 0 unspecified atom stereocenters. The number of nitrogens with one attached hydrogen (secondary N) is 3. The van der Waals surface area contributed by atoms with Crippen LogP contribution in [0.2, 0.25) is 0 Å². The van der Waals surface area contributed by atoms with Crippen molar-refractivity contribution in [1.29, 1.82) is 0 Å². The number of H-pyrrole nitrogens is 1. The first-order chi connectivity index (χ1) is 12.2. The Kier molecular flexibility index (Phi) is 5.23. The first-order valence-electron chi connectivity index (χ1n) is 8.50. The van der Waals surface area contributed by atoms with E-state index in [1.165, 1.54) is 0 Å². The molecule has 2 aromatic carbocycles. The fourth-order valence-electron chi connectivity index (χ4n) is 2.66. The van der Waals surface area contributed by atoms with Gasteiger partial charge in [-0.2, -0.15) is 0 Å². The molecule has 1 aromatic heterocycles. The van der Waals surface area contributed by atoms with Crippen molar-refractivity contribution in [2.45, 2.75) is 26.8 Å². The van der Waals surface area contributed by atoms with Crippen LogP contribution >= 0.6 is 0 Å². The van der Waals surface area contributed by atoms with Gasteiger partial charge in [0.05, 0.1) is 13.2 Å².